The number of aliphatic hydroxyl groups is 1. The van der Waals surface area contributed by atoms with Crippen LogP contribution in [-0.4, -0.2) is 86.6 Å². The molecule has 8 nitrogen and oxygen atoms in total. The number of esters is 1. The lowest BCUT2D eigenvalue weighted by Gasteiger charge is -2.44. The van der Waals surface area contributed by atoms with Gasteiger partial charge in [0.1, 0.15) is 11.6 Å². The summed E-state index contributed by atoms with van der Waals surface area (Å²) in [7, 11) is 0. The van der Waals surface area contributed by atoms with Crippen molar-refractivity contribution in [1.82, 2.24) is 9.80 Å². The van der Waals surface area contributed by atoms with Gasteiger partial charge in [0.15, 0.2) is 0 Å². The fourth-order valence-corrected chi connectivity index (χ4v) is 7.04. The monoisotopic (exact) mass is 568 g/mol. The third-order valence-electron chi connectivity index (χ3n) is 8.03. The highest BCUT2D eigenvalue weighted by Crippen LogP contribution is 2.61. The van der Waals surface area contributed by atoms with Gasteiger partial charge in [0, 0.05) is 16.9 Å². The second-order valence-corrected chi connectivity index (χ2v) is 12.4. The van der Waals surface area contributed by atoms with E-state index in [2.05, 4.69) is 29.1 Å². The number of carbonyl (C=O) groups is 3. The summed E-state index contributed by atoms with van der Waals surface area (Å²) in [5.74, 6) is -2.84. The van der Waals surface area contributed by atoms with E-state index in [9.17, 15) is 19.5 Å². The van der Waals surface area contributed by atoms with Crippen LogP contribution in [-0.2, 0) is 23.9 Å². The summed E-state index contributed by atoms with van der Waals surface area (Å²) in [6, 6.07) is -1.56. The van der Waals surface area contributed by atoms with Crippen LogP contribution in [0.4, 0.5) is 0 Å². The lowest BCUT2D eigenvalue weighted by atomic mass is 9.70. The number of alkyl halides is 1. The van der Waals surface area contributed by atoms with Gasteiger partial charge in [-0.2, -0.15) is 0 Å². The zero-order chi connectivity index (χ0) is 27.0. The number of aliphatic hydroxyl groups excluding tert-OH is 1. The molecule has 0 aromatic rings. The average molecular weight is 570 g/mol. The SMILES string of the molecule is C=CCCOC(=O)[C@H]1[C@H]2C(=O)N([C@@H](CO)[C@@H](C)CC)C(C(=O)N(CC=C)C(C)(C)C)C23CC(Br)[C@@H]1O3. The number of amides is 2. The van der Waals surface area contributed by atoms with E-state index in [1.165, 1.54) is 4.90 Å². The summed E-state index contributed by atoms with van der Waals surface area (Å²) >= 11 is 3.67. The Hall–Kier alpha value is -1.71. The van der Waals surface area contributed by atoms with E-state index in [0.29, 0.717) is 25.8 Å². The van der Waals surface area contributed by atoms with Gasteiger partial charge in [0.25, 0.3) is 0 Å². The minimum atomic E-state index is -1.19. The number of nitrogens with zero attached hydrogens (tertiary/aromatic N) is 2. The molecule has 1 N–H and O–H groups in total. The third kappa shape index (κ3) is 4.67. The van der Waals surface area contributed by atoms with Crippen molar-refractivity contribution in [2.45, 2.75) is 88.0 Å². The average Bonchev–Trinajstić information content (AvgIpc) is 3.40. The predicted molar refractivity (Wildman–Crippen MR) is 140 cm³/mol. The molecule has 0 saturated carbocycles. The van der Waals surface area contributed by atoms with Gasteiger partial charge >= 0.3 is 5.97 Å². The van der Waals surface area contributed by atoms with Crippen LogP contribution in [0.3, 0.4) is 0 Å². The van der Waals surface area contributed by atoms with Crippen molar-refractivity contribution in [1.29, 1.82) is 0 Å². The molecule has 3 saturated heterocycles. The maximum absolute atomic E-state index is 14.4. The number of fused-ring (bicyclic) bond motifs is 1. The van der Waals surface area contributed by atoms with Gasteiger partial charge in [-0.1, -0.05) is 48.4 Å². The first-order chi connectivity index (χ1) is 16.9. The van der Waals surface area contributed by atoms with Gasteiger partial charge < -0.3 is 24.4 Å². The highest BCUT2D eigenvalue weighted by molar-refractivity contribution is 9.09. The normalized spacial score (nSPS) is 32.7. The zero-order valence-corrected chi connectivity index (χ0v) is 23.7. The Bertz CT molecular complexity index is 888. The minimum absolute atomic E-state index is 0.0677. The molecule has 3 fully saturated rings. The van der Waals surface area contributed by atoms with E-state index in [1.807, 2.05) is 34.6 Å². The van der Waals surface area contributed by atoms with Crippen LogP contribution in [0.2, 0.25) is 0 Å². The molecule has 9 heteroatoms. The lowest BCUT2D eigenvalue weighted by molar-refractivity contribution is -0.158. The van der Waals surface area contributed by atoms with E-state index in [-0.39, 0.29) is 35.8 Å². The fourth-order valence-electron chi connectivity index (χ4n) is 6.10. The molecule has 0 radical (unpaired) electrons. The van der Waals surface area contributed by atoms with Crippen LogP contribution in [0.15, 0.2) is 25.3 Å². The minimum Gasteiger partial charge on any atom is -0.465 e. The summed E-state index contributed by atoms with van der Waals surface area (Å²) < 4.78 is 12.0. The van der Waals surface area contributed by atoms with E-state index in [4.69, 9.17) is 9.47 Å². The van der Waals surface area contributed by atoms with Gasteiger partial charge in [-0.05, 0) is 39.5 Å². The standard InChI is InChI=1S/C27H41BrN2O6/c1-8-11-13-35-25(34)19-20-23(32)30(18(15-31)16(4)10-3)22(27(20)14-17(28)21(19)36-27)24(33)29(12-9-2)26(5,6)7/h8-9,16-22,31H,1-2,10-15H2,3-7H3/t16-,17?,18-,19-,20-,21-,22?,27?/m0/s1. The zero-order valence-electron chi connectivity index (χ0n) is 22.1. The Labute approximate surface area is 223 Å². The summed E-state index contributed by atoms with van der Waals surface area (Å²) in [6.07, 6.45) is 4.36. The Morgan fingerprint density at radius 1 is 1.36 bits per heavy atom. The summed E-state index contributed by atoms with van der Waals surface area (Å²) in [4.78, 5) is 44.8. The van der Waals surface area contributed by atoms with Crippen molar-refractivity contribution in [3.63, 3.8) is 0 Å². The van der Waals surface area contributed by atoms with Crippen molar-refractivity contribution in [2.75, 3.05) is 19.8 Å². The Kier molecular flexibility index (Phi) is 8.78. The van der Waals surface area contributed by atoms with Gasteiger partial charge in [0.05, 0.1) is 37.2 Å². The van der Waals surface area contributed by atoms with Crippen LogP contribution in [0, 0.1) is 17.8 Å². The van der Waals surface area contributed by atoms with E-state index in [1.54, 1.807) is 17.1 Å². The molecule has 3 aliphatic heterocycles. The molecular formula is C27H41BrN2O6. The van der Waals surface area contributed by atoms with Gasteiger partial charge in [0.2, 0.25) is 11.8 Å². The number of hydrogen-bond donors (Lipinski definition) is 1. The predicted octanol–water partition coefficient (Wildman–Crippen LogP) is 3.07. The smallest absolute Gasteiger partial charge is 0.312 e. The van der Waals surface area contributed by atoms with Crippen LogP contribution >= 0.6 is 15.9 Å². The Morgan fingerprint density at radius 3 is 2.56 bits per heavy atom. The highest BCUT2D eigenvalue weighted by atomic mass is 79.9. The molecule has 36 heavy (non-hydrogen) atoms. The van der Waals surface area contributed by atoms with Crippen LogP contribution in [0.25, 0.3) is 0 Å². The van der Waals surface area contributed by atoms with E-state index >= 15 is 0 Å². The molecule has 0 aliphatic carbocycles. The molecule has 3 heterocycles. The summed E-state index contributed by atoms with van der Waals surface area (Å²) in [5.41, 5.74) is -1.74. The van der Waals surface area contributed by atoms with Crippen molar-refractivity contribution >= 4 is 33.7 Å². The van der Waals surface area contributed by atoms with Crippen molar-refractivity contribution in [3.05, 3.63) is 25.3 Å². The number of likely N-dealkylation sites (tertiary alicyclic amines) is 1. The first-order valence-electron chi connectivity index (χ1n) is 12.9. The molecule has 3 aliphatic rings. The quantitative estimate of drug-likeness (QED) is 0.178. The number of ether oxygens (including phenoxy) is 2. The first kappa shape index (κ1) is 28.9. The molecule has 0 aromatic heterocycles. The van der Waals surface area contributed by atoms with Crippen LogP contribution in [0.1, 0.15) is 53.9 Å². The van der Waals surface area contributed by atoms with Crippen LogP contribution in [0.5, 0.6) is 0 Å². The number of rotatable bonds is 11. The third-order valence-corrected chi connectivity index (χ3v) is 8.88. The van der Waals surface area contributed by atoms with Crippen molar-refractivity contribution in [2.24, 2.45) is 17.8 Å². The maximum atomic E-state index is 14.4. The molecule has 8 atom stereocenters. The molecule has 0 aromatic carbocycles. The fraction of sp³-hybridized carbons (Fsp3) is 0.741. The molecule has 3 unspecified atom stereocenters. The molecule has 202 valence electrons. The Balaban J connectivity index is 2.14. The summed E-state index contributed by atoms with van der Waals surface area (Å²) in [5, 5.41) is 10.4. The largest absolute Gasteiger partial charge is 0.465 e. The van der Waals surface area contributed by atoms with E-state index < -0.39 is 47.1 Å². The topological polar surface area (TPSA) is 96.4 Å². The van der Waals surface area contributed by atoms with E-state index in [0.717, 1.165) is 0 Å². The van der Waals surface area contributed by atoms with Crippen molar-refractivity contribution in [3.8, 4) is 0 Å². The van der Waals surface area contributed by atoms with Gasteiger partial charge in [-0.25, -0.2) is 0 Å². The lowest BCUT2D eigenvalue weighted by Crippen LogP contribution is -2.62. The Morgan fingerprint density at radius 2 is 2.03 bits per heavy atom. The number of hydrogen-bond acceptors (Lipinski definition) is 6. The van der Waals surface area contributed by atoms with Crippen molar-refractivity contribution < 1.29 is 29.0 Å². The molecular weight excluding hydrogens is 528 g/mol. The molecule has 3 rings (SSSR count). The van der Waals surface area contributed by atoms with Gasteiger partial charge in [-0.15, -0.1) is 13.2 Å². The summed E-state index contributed by atoms with van der Waals surface area (Å²) in [6.45, 7) is 17.4. The van der Waals surface area contributed by atoms with Gasteiger partial charge in [-0.3, -0.25) is 14.4 Å². The second-order valence-electron chi connectivity index (χ2n) is 11.2. The van der Waals surface area contributed by atoms with Crippen LogP contribution < -0.4 is 0 Å². The molecule has 2 amide bonds. The second kappa shape index (κ2) is 11.0. The first-order valence-corrected chi connectivity index (χ1v) is 13.8. The number of halogens is 1. The molecule has 2 bridgehead atoms. The molecule has 1 spiro atoms. The maximum Gasteiger partial charge on any atom is 0.312 e. The highest BCUT2D eigenvalue weighted by Gasteiger charge is 2.77. The number of carbonyl (C=O) groups excluding carboxylic acids is 3.